The number of rotatable bonds is 10. The fourth-order valence-corrected chi connectivity index (χ4v) is 3.52. The summed E-state index contributed by atoms with van der Waals surface area (Å²) in [4.78, 5) is 21.3. The van der Waals surface area contributed by atoms with Gasteiger partial charge in [0.2, 0.25) is 5.88 Å². The number of aromatic nitrogens is 1. The van der Waals surface area contributed by atoms with Crippen molar-refractivity contribution in [3.05, 3.63) is 54.0 Å². The molecule has 0 unspecified atom stereocenters. The predicted octanol–water partition coefficient (Wildman–Crippen LogP) is 3.23. The molecule has 7 nitrogen and oxygen atoms in total. The van der Waals surface area contributed by atoms with Crippen LogP contribution < -0.4 is 15.4 Å². The van der Waals surface area contributed by atoms with Gasteiger partial charge in [0.1, 0.15) is 11.6 Å². The van der Waals surface area contributed by atoms with Crippen LogP contribution in [0.5, 0.6) is 11.6 Å². The third kappa shape index (κ3) is 7.80. The van der Waals surface area contributed by atoms with Crippen molar-refractivity contribution in [3.63, 3.8) is 0 Å². The number of nitrogens with zero attached hydrogens (tertiary/aromatic N) is 3. The number of amides is 2. The molecule has 1 aromatic heterocycles. The number of unbranched alkanes of at least 4 members (excludes halogenated alkanes) is 1. The zero-order valence-corrected chi connectivity index (χ0v) is 18.1. The van der Waals surface area contributed by atoms with E-state index in [1.54, 1.807) is 24.4 Å². The first kappa shape index (κ1) is 23.0. The van der Waals surface area contributed by atoms with Crippen molar-refractivity contribution in [2.45, 2.75) is 26.3 Å². The van der Waals surface area contributed by atoms with E-state index < -0.39 is 0 Å². The number of likely N-dealkylation sites (N-methyl/N-ethyl adjacent to an activating group) is 1. The molecule has 0 bridgehead atoms. The van der Waals surface area contributed by atoms with Crippen LogP contribution in [-0.2, 0) is 6.54 Å². The Morgan fingerprint density at radius 1 is 1.10 bits per heavy atom. The molecular formula is C23H32FN5O2. The number of nitrogens with one attached hydrogen (secondary N) is 2. The fraction of sp³-hybridized carbons (Fsp3) is 0.478. The molecule has 3 rings (SSSR count). The number of carbonyl (C=O) groups excluding carboxylic acids is 1. The van der Waals surface area contributed by atoms with E-state index in [0.29, 0.717) is 23.7 Å². The molecular weight excluding hydrogens is 397 g/mol. The lowest BCUT2D eigenvalue weighted by Crippen LogP contribution is -2.46. The highest BCUT2D eigenvalue weighted by atomic mass is 19.1. The number of benzene rings is 1. The van der Waals surface area contributed by atoms with Crippen molar-refractivity contribution in [2.24, 2.45) is 0 Å². The standard InChI is InChI=1S/C23H32FN5O2/c1-2-28-13-15-29(16-14-28)12-4-3-10-26-23(30)27-18-19-7-6-11-25-22(19)31-21-9-5-8-20(24)17-21/h5-9,11,17H,2-4,10,12-16,18H2,1H3,(H2,26,27,30). The summed E-state index contributed by atoms with van der Waals surface area (Å²) in [6, 6.07) is 9.24. The molecule has 1 fully saturated rings. The molecule has 1 aliphatic heterocycles. The Bertz CT molecular complexity index is 827. The Morgan fingerprint density at radius 3 is 2.68 bits per heavy atom. The minimum absolute atomic E-state index is 0.225. The maximum absolute atomic E-state index is 13.4. The second-order valence-corrected chi connectivity index (χ2v) is 7.62. The Hall–Kier alpha value is -2.71. The number of urea groups is 1. The lowest BCUT2D eigenvalue weighted by atomic mass is 10.2. The van der Waals surface area contributed by atoms with Crippen LogP contribution in [-0.4, -0.2) is 66.6 Å². The van der Waals surface area contributed by atoms with E-state index in [1.807, 2.05) is 6.07 Å². The largest absolute Gasteiger partial charge is 0.439 e. The molecule has 0 spiro atoms. The zero-order valence-electron chi connectivity index (χ0n) is 18.1. The summed E-state index contributed by atoms with van der Waals surface area (Å²) < 4.78 is 19.0. The molecule has 0 saturated carbocycles. The average molecular weight is 430 g/mol. The monoisotopic (exact) mass is 429 g/mol. The van der Waals surface area contributed by atoms with Gasteiger partial charge in [0.05, 0.1) is 0 Å². The number of hydrogen-bond acceptors (Lipinski definition) is 5. The van der Waals surface area contributed by atoms with E-state index in [0.717, 1.165) is 52.1 Å². The van der Waals surface area contributed by atoms with Crippen LogP contribution in [0.2, 0.25) is 0 Å². The van der Waals surface area contributed by atoms with Crippen LogP contribution in [0.3, 0.4) is 0 Å². The van der Waals surface area contributed by atoms with Crippen molar-refractivity contribution in [2.75, 3.05) is 45.8 Å². The maximum atomic E-state index is 13.4. The maximum Gasteiger partial charge on any atom is 0.315 e. The smallest absolute Gasteiger partial charge is 0.315 e. The molecule has 168 valence electrons. The van der Waals surface area contributed by atoms with Gasteiger partial charge in [0.25, 0.3) is 0 Å². The highest BCUT2D eigenvalue weighted by Crippen LogP contribution is 2.23. The molecule has 1 saturated heterocycles. The number of piperazine rings is 1. The van der Waals surface area contributed by atoms with Gasteiger partial charge in [-0.25, -0.2) is 14.2 Å². The van der Waals surface area contributed by atoms with Crippen molar-refractivity contribution < 1.29 is 13.9 Å². The molecule has 1 aliphatic rings. The predicted molar refractivity (Wildman–Crippen MR) is 119 cm³/mol. The molecule has 0 atom stereocenters. The normalized spacial score (nSPS) is 14.9. The quantitative estimate of drug-likeness (QED) is 0.568. The summed E-state index contributed by atoms with van der Waals surface area (Å²) in [5, 5.41) is 5.72. The van der Waals surface area contributed by atoms with Crippen LogP contribution in [0, 0.1) is 5.82 Å². The molecule has 2 heterocycles. The van der Waals surface area contributed by atoms with Gasteiger partial charge in [0.15, 0.2) is 0 Å². The number of hydrogen-bond donors (Lipinski definition) is 2. The SMILES string of the molecule is CCN1CCN(CCCCNC(=O)NCc2cccnc2Oc2cccc(F)c2)CC1. The van der Waals surface area contributed by atoms with Crippen LogP contribution in [0.4, 0.5) is 9.18 Å². The molecule has 0 radical (unpaired) electrons. The number of pyridine rings is 1. The number of ether oxygens (including phenoxy) is 1. The third-order valence-corrected chi connectivity index (χ3v) is 5.40. The van der Waals surface area contributed by atoms with Crippen LogP contribution in [0.15, 0.2) is 42.6 Å². The lowest BCUT2D eigenvalue weighted by molar-refractivity contribution is 0.135. The van der Waals surface area contributed by atoms with Crippen LogP contribution in [0.1, 0.15) is 25.3 Å². The summed E-state index contributed by atoms with van der Waals surface area (Å²) >= 11 is 0. The molecule has 2 amide bonds. The first-order valence-corrected chi connectivity index (χ1v) is 11.0. The summed E-state index contributed by atoms with van der Waals surface area (Å²) in [7, 11) is 0. The Kier molecular flexibility index (Phi) is 9.05. The Labute approximate surface area is 183 Å². The summed E-state index contributed by atoms with van der Waals surface area (Å²) in [5.41, 5.74) is 0.716. The van der Waals surface area contributed by atoms with Crippen molar-refractivity contribution >= 4 is 6.03 Å². The van der Waals surface area contributed by atoms with Gasteiger partial charge >= 0.3 is 6.03 Å². The molecule has 8 heteroatoms. The van der Waals surface area contributed by atoms with E-state index in [2.05, 4.69) is 32.3 Å². The molecule has 31 heavy (non-hydrogen) atoms. The van der Waals surface area contributed by atoms with Gasteiger partial charge in [-0.2, -0.15) is 0 Å². The first-order valence-electron chi connectivity index (χ1n) is 11.0. The second kappa shape index (κ2) is 12.2. The van der Waals surface area contributed by atoms with Crippen LogP contribution >= 0.6 is 0 Å². The second-order valence-electron chi connectivity index (χ2n) is 7.62. The highest BCUT2D eigenvalue weighted by molar-refractivity contribution is 5.73. The molecule has 2 aromatic rings. The van der Waals surface area contributed by atoms with Gasteiger partial charge in [-0.05, 0) is 44.1 Å². The van der Waals surface area contributed by atoms with Crippen LogP contribution in [0.25, 0.3) is 0 Å². The van der Waals surface area contributed by atoms with Gasteiger partial charge in [-0.3, -0.25) is 0 Å². The molecule has 2 N–H and O–H groups in total. The molecule has 1 aromatic carbocycles. The fourth-order valence-electron chi connectivity index (χ4n) is 3.52. The summed E-state index contributed by atoms with van der Waals surface area (Å²) in [6.45, 7) is 9.89. The minimum Gasteiger partial charge on any atom is -0.439 e. The van der Waals surface area contributed by atoms with Gasteiger partial charge in [0, 0.05) is 57.1 Å². The average Bonchev–Trinajstić information content (AvgIpc) is 2.79. The van der Waals surface area contributed by atoms with E-state index in [4.69, 9.17) is 4.74 Å². The van der Waals surface area contributed by atoms with E-state index >= 15 is 0 Å². The third-order valence-electron chi connectivity index (χ3n) is 5.40. The van der Waals surface area contributed by atoms with Crippen molar-refractivity contribution in [1.82, 2.24) is 25.4 Å². The van der Waals surface area contributed by atoms with E-state index in [1.165, 1.54) is 12.1 Å². The van der Waals surface area contributed by atoms with Crippen molar-refractivity contribution in [3.8, 4) is 11.6 Å². The number of halogens is 1. The topological polar surface area (TPSA) is 69.7 Å². The number of carbonyl (C=O) groups is 1. The summed E-state index contributed by atoms with van der Waals surface area (Å²) in [6.07, 6.45) is 3.61. The Morgan fingerprint density at radius 2 is 1.90 bits per heavy atom. The Balaban J connectivity index is 1.34. The van der Waals surface area contributed by atoms with Crippen molar-refractivity contribution in [1.29, 1.82) is 0 Å². The highest BCUT2D eigenvalue weighted by Gasteiger charge is 2.14. The van der Waals surface area contributed by atoms with Gasteiger partial charge in [-0.15, -0.1) is 0 Å². The minimum atomic E-state index is -0.379. The van der Waals surface area contributed by atoms with Gasteiger partial charge in [-0.1, -0.05) is 19.1 Å². The molecule has 0 aliphatic carbocycles. The van der Waals surface area contributed by atoms with E-state index in [-0.39, 0.29) is 18.4 Å². The lowest BCUT2D eigenvalue weighted by Gasteiger charge is -2.33. The first-order chi connectivity index (χ1) is 15.1. The van der Waals surface area contributed by atoms with Gasteiger partial charge < -0.3 is 25.2 Å². The zero-order chi connectivity index (χ0) is 21.9. The van der Waals surface area contributed by atoms with E-state index in [9.17, 15) is 9.18 Å². The summed E-state index contributed by atoms with van der Waals surface area (Å²) in [5.74, 6) is 0.327.